The van der Waals surface area contributed by atoms with Crippen LogP contribution in [0.3, 0.4) is 0 Å². The zero-order valence-corrected chi connectivity index (χ0v) is 13.6. The van der Waals surface area contributed by atoms with Crippen molar-refractivity contribution < 1.29 is 14.3 Å². The number of hydrogen-bond donors (Lipinski definition) is 1. The number of carbonyl (C=O) groups is 1. The Morgan fingerprint density at radius 1 is 1.45 bits per heavy atom. The minimum atomic E-state index is -0.644. The molecule has 5 nitrogen and oxygen atoms in total. The Morgan fingerprint density at radius 2 is 2.10 bits per heavy atom. The third-order valence-corrected chi connectivity index (χ3v) is 3.78. The molecule has 0 aromatic heterocycles. The Hall–Kier alpha value is -0.650. The second kappa shape index (κ2) is 7.96. The number of nitrogens with one attached hydrogen (secondary N) is 1. The summed E-state index contributed by atoms with van der Waals surface area (Å²) >= 11 is 0. The van der Waals surface area contributed by atoms with Crippen LogP contribution in [0.5, 0.6) is 0 Å². The molecule has 0 bridgehead atoms. The van der Waals surface area contributed by atoms with Crippen molar-refractivity contribution in [2.75, 3.05) is 33.4 Å². The van der Waals surface area contributed by atoms with Gasteiger partial charge in [-0.25, -0.2) is 0 Å². The molecular formula is C15H30N2O3. The third-order valence-electron chi connectivity index (χ3n) is 3.78. The first-order chi connectivity index (χ1) is 9.46. The Labute approximate surface area is 123 Å². The molecule has 0 spiro atoms. The summed E-state index contributed by atoms with van der Waals surface area (Å²) in [4.78, 5) is 14.6. The molecule has 2 unspecified atom stereocenters. The summed E-state index contributed by atoms with van der Waals surface area (Å²) in [5.74, 6) is -0.157. The fraction of sp³-hybridized carbons (Fsp3) is 0.933. The van der Waals surface area contributed by atoms with Gasteiger partial charge in [-0.15, -0.1) is 0 Å². The number of esters is 1. The highest BCUT2D eigenvalue weighted by molar-refractivity contribution is 5.80. The van der Waals surface area contributed by atoms with E-state index in [1.54, 1.807) is 7.11 Å². The van der Waals surface area contributed by atoms with E-state index >= 15 is 0 Å². The number of rotatable bonds is 10. The molecule has 118 valence electrons. The first-order valence-electron chi connectivity index (χ1n) is 7.64. The van der Waals surface area contributed by atoms with Crippen LogP contribution in [0.1, 0.15) is 40.5 Å². The fourth-order valence-corrected chi connectivity index (χ4v) is 2.47. The zero-order valence-electron chi connectivity index (χ0n) is 13.6. The molecule has 0 radical (unpaired) electrons. The number of carbonyl (C=O) groups excluding carboxylic acids is 1. The first-order valence-corrected chi connectivity index (χ1v) is 7.64. The van der Waals surface area contributed by atoms with Crippen molar-refractivity contribution in [2.24, 2.45) is 0 Å². The van der Waals surface area contributed by atoms with Gasteiger partial charge in [-0.3, -0.25) is 15.0 Å². The Kier molecular flexibility index (Phi) is 6.92. The van der Waals surface area contributed by atoms with Crippen LogP contribution in [-0.2, 0) is 14.3 Å². The predicted molar refractivity (Wildman–Crippen MR) is 79.8 cm³/mol. The van der Waals surface area contributed by atoms with Gasteiger partial charge in [-0.2, -0.15) is 0 Å². The molecule has 1 saturated carbocycles. The lowest BCUT2D eigenvalue weighted by Gasteiger charge is -2.37. The summed E-state index contributed by atoms with van der Waals surface area (Å²) in [5.41, 5.74) is -0.644. The highest BCUT2D eigenvalue weighted by Gasteiger charge is 2.41. The maximum atomic E-state index is 12.3. The second-order valence-corrected chi connectivity index (χ2v) is 5.84. The summed E-state index contributed by atoms with van der Waals surface area (Å²) in [6.45, 7) is 10.6. The maximum absolute atomic E-state index is 12.3. The average Bonchev–Trinajstić information content (AvgIpc) is 3.20. The van der Waals surface area contributed by atoms with Crippen LogP contribution in [-0.4, -0.2) is 61.9 Å². The molecule has 1 aliphatic carbocycles. The van der Waals surface area contributed by atoms with Crippen molar-refractivity contribution in [3.63, 3.8) is 0 Å². The Morgan fingerprint density at radius 3 is 2.55 bits per heavy atom. The first kappa shape index (κ1) is 17.4. The molecule has 0 aliphatic heterocycles. The normalized spacial score (nSPS) is 19.7. The van der Waals surface area contributed by atoms with Gasteiger partial charge in [0, 0.05) is 25.7 Å². The van der Waals surface area contributed by atoms with Crippen LogP contribution in [0.25, 0.3) is 0 Å². The second-order valence-electron chi connectivity index (χ2n) is 5.84. The number of ether oxygens (including phenoxy) is 2. The van der Waals surface area contributed by atoms with Gasteiger partial charge < -0.3 is 9.47 Å². The van der Waals surface area contributed by atoms with Crippen molar-refractivity contribution in [3.8, 4) is 0 Å². The van der Waals surface area contributed by atoms with Crippen LogP contribution in [0.2, 0.25) is 0 Å². The molecule has 1 N–H and O–H groups in total. The summed E-state index contributed by atoms with van der Waals surface area (Å²) < 4.78 is 10.5. The molecule has 1 aliphatic rings. The van der Waals surface area contributed by atoms with Crippen molar-refractivity contribution in [1.29, 1.82) is 0 Å². The largest absolute Gasteiger partial charge is 0.465 e. The third kappa shape index (κ3) is 5.04. The molecule has 0 amide bonds. The molecule has 5 heteroatoms. The molecule has 0 heterocycles. The molecule has 0 aromatic rings. The molecule has 1 rings (SSSR count). The van der Waals surface area contributed by atoms with E-state index in [-0.39, 0.29) is 12.0 Å². The van der Waals surface area contributed by atoms with E-state index in [0.717, 1.165) is 19.4 Å². The van der Waals surface area contributed by atoms with Crippen molar-refractivity contribution in [1.82, 2.24) is 10.2 Å². The zero-order chi connectivity index (χ0) is 15.2. The quantitative estimate of drug-likeness (QED) is 0.616. The van der Waals surface area contributed by atoms with Gasteiger partial charge in [0.15, 0.2) is 0 Å². The molecular weight excluding hydrogens is 256 g/mol. The topological polar surface area (TPSA) is 50.8 Å². The minimum Gasteiger partial charge on any atom is -0.465 e. The lowest BCUT2D eigenvalue weighted by atomic mass is 10.0. The van der Waals surface area contributed by atoms with E-state index in [1.165, 1.54) is 0 Å². The van der Waals surface area contributed by atoms with Gasteiger partial charge in [0.25, 0.3) is 0 Å². The van der Waals surface area contributed by atoms with Crippen LogP contribution in [0, 0.1) is 0 Å². The number of hydrogen-bond acceptors (Lipinski definition) is 5. The smallest absolute Gasteiger partial charge is 0.327 e. The predicted octanol–water partition coefficient (Wildman–Crippen LogP) is 1.42. The van der Waals surface area contributed by atoms with E-state index in [2.05, 4.69) is 24.1 Å². The van der Waals surface area contributed by atoms with E-state index < -0.39 is 5.54 Å². The van der Waals surface area contributed by atoms with Crippen LogP contribution in [0.4, 0.5) is 0 Å². The molecule has 20 heavy (non-hydrogen) atoms. The highest BCUT2D eigenvalue weighted by atomic mass is 16.5. The Bertz CT molecular complexity index is 307. The van der Waals surface area contributed by atoms with Gasteiger partial charge in [0.05, 0.1) is 13.2 Å². The lowest BCUT2D eigenvalue weighted by molar-refractivity contribution is -0.151. The number of methoxy groups -OCH3 is 1. The van der Waals surface area contributed by atoms with Crippen LogP contribution in [0.15, 0.2) is 0 Å². The van der Waals surface area contributed by atoms with E-state index in [0.29, 0.717) is 25.8 Å². The standard InChI is InChI=1S/C15H30N2O3/c1-6-17(12(3)10-19-5)11-15(4,14(18)20-7-2)16-13-8-9-13/h12-13,16H,6-11H2,1-5H3. The summed E-state index contributed by atoms with van der Waals surface area (Å²) in [7, 11) is 1.71. The SMILES string of the molecule is CCOC(=O)C(C)(CN(CC)C(C)COC)NC1CC1. The van der Waals surface area contributed by atoms with Gasteiger partial charge in [-0.05, 0) is 40.2 Å². The molecule has 1 fully saturated rings. The average molecular weight is 286 g/mol. The maximum Gasteiger partial charge on any atom is 0.327 e. The van der Waals surface area contributed by atoms with Crippen LogP contribution >= 0.6 is 0 Å². The molecule has 0 saturated heterocycles. The Balaban J connectivity index is 2.72. The fourth-order valence-electron chi connectivity index (χ4n) is 2.47. The lowest BCUT2D eigenvalue weighted by Crippen LogP contribution is -2.59. The van der Waals surface area contributed by atoms with Gasteiger partial charge in [-0.1, -0.05) is 6.92 Å². The van der Waals surface area contributed by atoms with Gasteiger partial charge >= 0.3 is 5.97 Å². The number of likely N-dealkylation sites (N-methyl/N-ethyl adjacent to an activating group) is 1. The van der Waals surface area contributed by atoms with E-state index in [4.69, 9.17) is 9.47 Å². The summed E-state index contributed by atoms with van der Waals surface area (Å²) in [6.07, 6.45) is 2.30. The van der Waals surface area contributed by atoms with Crippen molar-refractivity contribution in [2.45, 2.75) is 58.2 Å². The number of nitrogens with zero attached hydrogens (tertiary/aromatic N) is 1. The van der Waals surface area contributed by atoms with E-state index in [1.807, 2.05) is 13.8 Å². The van der Waals surface area contributed by atoms with Crippen molar-refractivity contribution >= 4 is 5.97 Å². The van der Waals surface area contributed by atoms with E-state index in [9.17, 15) is 4.79 Å². The molecule has 0 aromatic carbocycles. The summed E-state index contributed by atoms with van der Waals surface area (Å²) in [6, 6.07) is 0.737. The van der Waals surface area contributed by atoms with Gasteiger partial charge in [0.1, 0.15) is 5.54 Å². The summed E-state index contributed by atoms with van der Waals surface area (Å²) in [5, 5.41) is 3.46. The minimum absolute atomic E-state index is 0.157. The van der Waals surface area contributed by atoms with Gasteiger partial charge in [0.2, 0.25) is 0 Å². The van der Waals surface area contributed by atoms with Crippen LogP contribution < -0.4 is 5.32 Å². The highest BCUT2D eigenvalue weighted by Crippen LogP contribution is 2.24. The van der Waals surface area contributed by atoms with Crippen molar-refractivity contribution in [3.05, 3.63) is 0 Å². The monoisotopic (exact) mass is 286 g/mol. The molecule has 2 atom stereocenters.